The van der Waals surface area contributed by atoms with E-state index in [0.717, 1.165) is 11.8 Å². The standard InChI is InChI=1S/C8H10N4O5/c1-4-6(7(14)15)10-11-12(4)3-5(13)9-8(16)17-2/h3H2,1-2H3,(H,14,15)(H,9,13,16). The number of nitrogens with zero attached hydrogens (tertiary/aromatic N) is 3. The van der Waals surface area contributed by atoms with Crippen LogP contribution in [0.2, 0.25) is 0 Å². The van der Waals surface area contributed by atoms with Crippen molar-refractivity contribution < 1.29 is 24.2 Å². The van der Waals surface area contributed by atoms with Gasteiger partial charge in [-0.15, -0.1) is 5.10 Å². The fraction of sp³-hybridized carbons (Fsp3) is 0.375. The quantitative estimate of drug-likeness (QED) is 0.708. The SMILES string of the molecule is COC(=O)NC(=O)Cn1nnc(C(=O)O)c1C. The van der Waals surface area contributed by atoms with Gasteiger partial charge in [0.05, 0.1) is 12.8 Å². The van der Waals surface area contributed by atoms with E-state index >= 15 is 0 Å². The molecule has 2 amide bonds. The van der Waals surface area contributed by atoms with Crippen LogP contribution in [0.3, 0.4) is 0 Å². The monoisotopic (exact) mass is 242 g/mol. The summed E-state index contributed by atoms with van der Waals surface area (Å²) in [6.45, 7) is 1.14. The number of rotatable bonds is 3. The smallest absolute Gasteiger partial charge is 0.413 e. The summed E-state index contributed by atoms with van der Waals surface area (Å²) in [7, 11) is 1.12. The molecule has 9 nitrogen and oxygen atoms in total. The first-order valence-corrected chi connectivity index (χ1v) is 4.47. The predicted molar refractivity (Wildman–Crippen MR) is 52.3 cm³/mol. The second kappa shape index (κ2) is 5.05. The summed E-state index contributed by atoms with van der Waals surface area (Å²) in [6.07, 6.45) is -0.897. The highest BCUT2D eigenvalue weighted by Crippen LogP contribution is 2.02. The topological polar surface area (TPSA) is 123 Å². The first-order valence-electron chi connectivity index (χ1n) is 4.47. The van der Waals surface area contributed by atoms with Crippen molar-refractivity contribution in [2.24, 2.45) is 0 Å². The molecule has 0 saturated carbocycles. The number of carboxylic acids is 1. The summed E-state index contributed by atoms with van der Waals surface area (Å²) in [5.41, 5.74) is -0.0200. The molecule has 0 unspecified atom stereocenters. The third-order valence-corrected chi connectivity index (χ3v) is 1.91. The lowest BCUT2D eigenvalue weighted by atomic mass is 10.3. The van der Waals surface area contributed by atoms with Gasteiger partial charge in [0.25, 0.3) is 5.91 Å². The lowest BCUT2D eigenvalue weighted by molar-refractivity contribution is -0.121. The van der Waals surface area contributed by atoms with Crippen LogP contribution in [0.4, 0.5) is 4.79 Å². The maximum Gasteiger partial charge on any atom is 0.413 e. The van der Waals surface area contributed by atoms with Gasteiger partial charge in [0.2, 0.25) is 0 Å². The number of methoxy groups -OCH3 is 1. The fourth-order valence-electron chi connectivity index (χ4n) is 1.05. The number of carbonyl (C=O) groups is 3. The Morgan fingerprint density at radius 1 is 1.47 bits per heavy atom. The molecular formula is C8H10N4O5. The Kier molecular flexibility index (Phi) is 3.75. The van der Waals surface area contributed by atoms with E-state index in [0.29, 0.717) is 0 Å². The Hall–Kier alpha value is -2.45. The molecular weight excluding hydrogens is 232 g/mol. The van der Waals surface area contributed by atoms with Crippen molar-refractivity contribution >= 4 is 18.0 Å². The molecule has 0 aliphatic carbocycles. The van der Waals surface area contributed by atoms with E-state index in [1.54, 1.807) is 0 Å². The Bertz CT molecular complexity index is 466. The molecule has 0 atom stereocenters. The molecule has 1 aromatic rings. The van der Waals surface area contributed by atoms with Crippen LogP contribution in [-0.4, -0.2) is 45.2 Å². The fourth-order valence-corrected chi connectivity index (χ4v) is 1.05. The number of ether oxygens (including phenoxy) is 1. The third-order valence-electron chi connectivity index (χ3n) is 1.91. The Labute approximate surface area is 95.4 Å². The molecule has 2 N–H and O–H groups in total. The van der Waals surface area contributed by atoms with Crippen LogP contribution in [0.25, 0.3) is 0 Å². The first kappa shape index (κ1) is 12.6. The number of carbonyl (C=O) groups excluding carboxylic acids is 2. The van der Waals surface area contributed by atoms with Crippen LogP contribution >= 0.6 is 0 Å². The number of aromatic nitrogens is 3. The maximum atomic E-state index is 11.3. The van der Waals surface area contributed by atoms with Gasteiger partial charge in [-0.05, 0) is 6.92 Å². The van der Waals surface area contributed by atoms with Crippen LogP contribution in [-0.2, 0) is 16.1 Å². The molecule has 92 valence electrons. The van der Waals surface area contributed by atoms with Crippen LogP contribution in [0.1, 0.15) is 16.2 Å². The van der Waals surface area contributed by atoms with Crippen molar-refractivity contribution in [2.75, 3.05) is 7.11 Å². The summed E-state index contributed by atoms with van der Waals surface area (Å²) in [6, 6.07) is 0. The van der Waals surface area contributed by atoms with Gasteiger partial charge in [-0.3, -0.25) is 10.1 Å². The van der Waals surface area contributed by atoms with Gasteiger partial charge in [-0.25, -0.2) is 14.3 Å². The van der Waals surface area contributed by atoms with E-state index in [1.165, 1.54) is 6.92 Å². The minimum Gasteiger partial charge on any atom is -0.476 e. The van der Waals surface area contributed by atoms with E-state index in [-0.39, 0.29) is 17.9 Å². The lowest BCUT2D eigenvalue weighted by Gasteiger charge is -2.03. The summed E-state index contributed by atoms with van der Waals surface area (Å²) in [4.78, 5) is 32.6. The zero-order valence-corrected chi connectivity index (χ0v) is 9.13. The maximum absolute atomic E-state index is 11.3. The van der Waals surface area contributed by atoms with E-state index < -0.39 is 18.0 Å². The molecule has 0 saturated heterocycles. The number of aromatic carboxylic acids is 1. The van der Waals surface area contributed by atoms with E-state index in [4.69, 9.17) is 5.11 Å². The second-order valence-corrected chi connectivity index (χ2v) is 3.03. The normalized spacial score (nSPS) is 9.76. The van der Waals surface area contributed by atoms with Crippen LogP contribution in [0.5, 0.6) is 0 Å². The molecule has 0 fully saturated rings. The number of nitrogens with one attached hydrogen (secondary N) is 1. The van der Waals surface area contributed by atoms with E-state index in [9.17, 15) is 14.4 Å². The molecule has 1 heterocycles. The van der Waals surface area contributed by atoms with Gasteiger partial charge in [0, 0.05) is 0 Å². The van der Waals surface area contributed by atoms with Crippen LogP contribution in [0.15, 0.2) is 0 Å². The highest BCUT2D eigenvalue weighted by atomic mass is 16.5. The first-order chi connectivity index (χ1) is 7.95. The highest BCUT2D eigenvalue weighted by Gasteiger charge is 2.17. The Balaban J connectivity index is 2.72. The predicted octanol–water partition coefficient (Wildman–Crippen LogP) is -0.833. The van der Waals surface area contributed by atoms with Gasteiger partial charge < -0.3 is 9.84 Å². The van der Waals surface area contributed by atoms with Gasteiger partial charge in [-0.1, -0.05) is 5.21 Å². The summed E-state index contributed by atoms with van der Waals surface area (Å²) in [5, 5.41) is 17.5. The van der Waals surface area contributed by atoms with Gasteiger partial charge in [-0.2, -0.15) is 0 Å². The highest BCUT2D eigenvalue weighted by molar-refractivity contribution is 5.91. The number of alkyl carbamates (subject to hydrolysis) is 1. The molecule has 0 radical (unpaired) electrons. The van der Waals surface area contributed by atoms with Crippen molar-refractivity contribution in [3.63, 3.8) is 0 Å². The minimum atomic E-state index is -1.23. The Morgan fingerprint density at radius 3 is 2.59 bits per heavy atom. The lowest BCUT2D eigenvalue weighted by Crippen LogP contribution is -2.33. The number of hydrogen-bond donors (Lipinski definition) is 2. The molecule has 0 aromatic carbocycles. The molecule has 0 bridgehead atoms. The molecule has 9 heteroatoms. The third kappa shape index (κ3) is 3.00. The summed E-state index contributed by atoms with van der Waals surface area (Å²) < 4.78 is 5.29. The molecule has 0 aliphatic heterocycles. The minimum absolute atomic E-state index is 0.220. The van der Waals surface area contributed by atoms with Crippen LogP contribution in [0, 0.1) is 6.92 Å². The number of imide groups is 1. The molecule has 1 aromatic heterocycles. The Morgan fingerprint density at radius 2 is 2.12 bits per heavy atom. The van der Waals surface area contributed by atoms with Gasteiger partial charge >= 0.3 is 12.1 Å². The van der Waals surface area contributed by atoms with Crippen molar-refractivity contribution in [1.29, 1.82) is 0 Å². The average Bonchev–Trinajstić information content (AvgIpc) is 2.60. The number of hydrogen-bond acceptors (Lipinski definition) is 6. The molecule has 1 rings (SSSR count). The van der Waals surface area contributed by atoms with Crippen molar-refractivity contribution in [3.05, 3.63) is 11.4 Å². The van der Waals surface area contributed by atoms with Crippen LogP contribution < -0.4 is 5.32 Å². The molecule has 0 aliphatic rings. The second-order valence-electron chi connectivity index (χ2n) is 3.03. The van der Waals surface area contributed by atoms with Gasteiger partial charge in [0.15, 0.2) is 5.69 Å². The zero-order chi connectivity index (χ0) is 13.0. The molecule has 17 heavy (non-hydrogen) atoms. The van der Waals surface area contributed by atoms with Crippen molar-refractivity contribution in [2.45, 2.75) is 13.5 Å². The number of amides is 2. The summed E-state index contributed by atoms with van der Waals surface area (Å²) >= 11 is 0. The number of carboxylic acid groups (broad SMARTS) is 1. The summed E-state index contributed by atoms with van der Waals surface area (Å²) in [5.74, 6) is -1.91. The van der Waals surface area contributed by atoms with Gasteiger partial charge in [0.1, 0.15) is 6.54 Å². The average molecular weight is 242 g/mol. The van der Waals surface area contributed by atoms with Crippen molar-refractivity contribution in [1.82, 2.24) is 20.3 Å². The van der Waals surface area contributed by atoms with E-state index in [2.05, 4.69) is 15.0 Å². The van der Waals surface area contributed by atoms with Crippen molar-refractivity contribution in [3.8, 4) is 0 Å². The van der Waals surface area contributed by atoms with E-state index in [1.807, 2.05) is 5.32 Å². The largest absolute Gasteiger partial charge is 0.476 e. The molecule has 0 spiro atoms. The zero-order valence-electron chi connectivity index (χ0n) is 9.13.